The van der Waals surface area contributed by atoms with Gasteiger partial charge in [0.25, 0.3) is 0 Å². The number of rotatable bonds is 6. The third kappa shape index (κ3) is 4.63. The Hall–Kier alpha value is -1.26. The molecule has 0 aliphatic heterocycles. The van der Waals surface area contributed by atoms with Crippen LogP contribution in [-0.4, -0.2) is 6.54 Å². The highest BCUT2D eigenvalue weighted by Gasteiger charge is 2.08. The second-order valence-corrected chi connectivity index (χ2v) is 4.23. The molecule has 1 atom stereocenters. The summed E-state index contributed by atoms with van der Waals surface area (Å²) in [6, 6.07) is 9.26. The summed E-state index contributed by atoms with van der Waals surface area (Å²) in [5.74, 6) is 6.15. The number of benzene rings is 1. The molecule has 0 fully saturated rings. The van der Waals surface area contributed by atoms with Crippen LogP contribution < -0.4 is 5.32 Å². The van der Waals surface area contributed by atoms with Crippen molar-refractivity contribution in [1.29, 1.82) is 0 Å². The second kappa shape index (κ2) is 7.92. The van der Waals surface area contributed by atoms with Crippen LogP contribution in [0.1, 0.15) is 50.8 Å². The van der Waals surface area contributed by atoms with Gasteiger partial charge >= 0.3 is 0 Å². The minimum absolute atomic E-state index is 0.369. The summed E-state index contributed by atoms with van der Waals surface area (Å²) in [5.41, 5.74) is 2.74. The molecule has 0 saturated heterocycles. The summed E-state index contributed by atoms with van der Waals surface area (Å²) >= 11 is 0. The lowest BCUT2D eigenvalue weighted by molar-refractivity contribution is 0.542. The molecule has 0 saturated carbocycles. The van der Waals surface area contributed by atoms with Gasteiger partial charge in [0, 0.05) is 12.5 Å². The zero-order valence-corrected chi connectivity index (χ0v) is 11.2. The van der Waals surface area contributed by atoms with Crippen LogP contribution in [0.15, 0.2) is 24.3 Å². The average Bonchev–Trinajstić information content (AvgIpc) is 2.39. The smallest absolute Gasteiger partial charge is 0.0430 e. The van der Waals surface area contributed by atoms with Crippen LogP contribution in [-0.2, 0) is 6.42 Å². The summed E-state index contributed by atoms with van der Waals surface area (Å²) in [4.78, 5) is 0. The van der Waals surface area contributed by atoms with E-state index < -0.39 is 0 Å². The van der Waals surface area contributed by atoms with E-state index in [9.17, 15) is 0 Å². The fourth-order valence-electron chi connectivity index (χ4n) is 1.82. The Morgan fingerprint density at radius 2 is 1.88 bits per heavy atom. The maximum absolute atomic E-state index is 3.56. The molecule has 1 N–H and O–H groups in total. The van der Waals surface area contributed by atoms with E-state index in [1.54, 1.807) is 0 Å². The van der Waals surface area contributed by atoms with Crippen LogP contribution >= 0.6 is 0 Å². The first kappa shape index (κ1) is 13.8. The van der Waals surface area contributed by atoms with Gasteiger partial charge in [-0.05, 0) is 37.4 Å². The SMILES string of the molecule is CC#CCC(NCCC)c1ccc(CC)cc1. The van der Waals surface area contributed by atoms with Crippen molar-refractivity contribution < 1.29 is 0 Å². The van der Waals surface area contributed by atoms with Crippen molar-refractivity contribution >= 4 is 0 Å². The Labute approximate surface area is 106 Å². The number of aryl methyl sites for hydroxylation is 1. The monoisotopic (exact) mass is 229 g/mol. The predicted octanol–water partition coefficient (Wildman–Crippen LogP) is 3.70. The minimum atomic E-state index is 0.369. The van der Waals surface area contributed by atoms with Crippen LogP contribution in [0.5, 0.6) is 0 Å². The fourth-order valence-corrected chi connectivity index (χ4v) is 1.82. The fraction of sp³-hybridized carbons (Fsp3) is 0.500. The van der Waals surface area contributed by atoms with Crippen LogP contribution in [0.25, 0.3) is 0 Å². The van der Waals surface area contributed by atoms with Crippen LogP contribution in [0, 0.1) is 11.8 Å². The van der Waals surface area contributed by atoms with Gasteiger partial charge in [-0.25, -0.2) is 0 Å². The standard InChI is InChI=1S/C16H23N/c1-4-7-8-16(17-13-5-2)15-11-9-14(6-3)10-12-15/h9-12,16-17H,5-6,8,13H2,1-3H3. The highest BCUT2D eigenvalue weighted by Crippen LogP contribution is 2.17. The molecule has 1 heteroatoms. The van der Waals surface area contributed by atoms with Crippen LogP contribution in [0.3, 0.4) is 0 Å². The number of hydrogen-bond acceptors (Lipinski definition) is 1. The Morgan fingerprint density at radius 3 is 2.41 bits per heavy atom. The van der Waals surface area contributed by atoms with Gasteiger partial charge in [0.1, 0.15) is 0 Å². The van der Waals surface area contributed by atoms with E-state index in [2.05, 4.69) is 55.3 Å². The summed E-state index contributed by atoms with van der Waals surface area (Å²) < 4.78 is 0. The third-order valence-corrected chi connectivity index (χ3v) is 2.91. The van der Waals surface area contributed by atoms with E-state index in [0.717, 1.165) is 25.8 Å². The first-order valence-corrected chi connectivity index (χ1v) is 6.53. The highest BCUT2D eigenvalue weighted by molar-refractivity contribution is 5.26. The molecule has 0 amide bonds. The molecule has 0 aromatic heterocycles. The van der Waals surface area contributed by atoms with E-state index in [-0.39, 0.29) is 0 Å². The van der Waals surface area contributed by atoms with Crippen molar-refractivity contribution in [2.24, 2.45) is 0 Å². The maximum atomic E-state index is 3.56. The largest absolute Gasteiger partial charge is 0.309 e. The van der Waals surface area contributed by atoms with Crippen molar-refractivity contribution in [2.75, 3.05) is 6.54 Å². The maximum Gasteiger partial charge on any atom is 0.0430 e. The number of hydrogen-bond donors (Lipinski definition) is 1. The summed E-state index contributed by atoms with van der Waals surface area (Å²) in [6.45, 7) is 7.32. The molecule has 1 aromatic rings. The van der Waals surface area contributed by atoms with Gasteiger partial charge in [-0.3, -0.25) is 0 Å². The zero-order chi connectivity index (χ0) is 12.5. The van der Waals surface area contributed by atoms with E-state index in [4.69, 9.17) is 0 Å². The summed E-state index contributed by atoms with van der Waals surface area (Å²) in [7, 11) is 0. The molecular weight excluding hydrogens is 206 g/mol. The van der Waals surface area contributed by atoms with Crippen molar-refractivity contribution in [1.82, 2.24) is 5.32 Å². The van der Waals surface area contributed by atoms with Gasteiger partial charge in [0.15, 0.2) is 0 Å². The zero-order valence-electron chi connectivity index (χ0n) is 11.2. The molecule has 0 spiro atoms. The average molecular weight is 229 g/mol. The molecule has 1 rings (SSSR count). The normalized spacial score (nSPS) is 11.7. The van der Waals surface area contributed by atoms with Crippen molar-refractivity contribution in [3.8, 4) is 11.8 Å². The Bertz CT molecular complexity index is 367. The molecule has 0 radical (unpaired) electrons. The first-order valence-electron chi connectivity index (χ1n) is 6.53. The molecule has 1 nitrogen and oxygen atoms in total. The first-order chi connectivity index (χ1) is 8.31. The lowest BCUT2D eigenvalue weighted by Gasteiger charge is -2.16. The quantitative estimate of drug-likeness (QED) is 0.733. The van der Waals surface area contributed by atoms with Gasteiger partial charge in [-0.2, -0.15) is 0 Å². The van der Waals surface area contributed by atoms with Crippen LogP contribution in [0.2, 0.25) is 0 Å². The topological polar surface area (TPSA) is 12.0 Å². The van der Waals surface area contributed by atoms with Gasteiger partial charge in [0.05, 0.1) is 0 Å². The van der Waals surface area contributed by atoms with Crippen molar-refractivity contribution in [2.45, 2.75) is 46.1 Å². The van der Waals surface area contributed by atoms with Gasteiger partial charge < -0.3 is 5.32 Å². The van der Waals surface area contributed by atoms with Gasteiger partial charge in [-0.1, -0.05) is 38.1 Å². The molecule has 0 heterocycles. The van der Waals surface area contributed by atoms with Crippen LogP contribution in [0.4, 0.5) is 0 Å². The summed E-state index contributed by atoms with van der Waals surface area (Å²) in [6.07, 6.45) is 3.15. The predicted molar refractivity (Wildman–Crippen MR) is 74.9 cm³/mol. The third-order valence-electron chi connectivity index (χ3n) is 2.91. The van der Waals surface area contributed by atoms with E-state index >= 15 is 0 Å². The lowest BCUT2D eigenvalue weighted by atomic mass is 10.0. The Balaban J connectivity index is 2.74. The van der Waals surface area contributed by atoms with E-state index in [1.165, 1.54) is 11.1 Å². The molecule has 17 heavy (non-hydrogen) atoms. The Morgan fingerprint density at radius 1 is 1.18 bits per heavy atom. The Kier molecular flexibility index (Phi) is 6.43. The minimum Gasteiger partial charge on any atom is -0.309 e. The van der Waals surface area contributed by atoms with Gasteiger partial charge in [0.2, 0.25) is 0 Å². The summed E-state index contributed by atoms with van der Waals surface area (Å²) in [5, 5.41) is 3.56. The van der Waals surface area contributed by atoms with Gasteiger partial charge in [-0.15, -0.1) is 11.8 Å². The number of nitrogens with one attached hydrogen (secondary N) is 1. The van der Waals surface area contributed by atoms with E-state index in [0.29, 0.717) is 6.04 Å². The molecule has 0 aliphatic rings. The molecule has 92 valence electrons. The highest BCUT2D eigenvalue weighted by atomic mass is 14.9. The molecule has 1 aromatic carbocycles. The molecule has 0 bridgehead atoms. The lowest BCUT2D eigenvalue weighted by Crippen LogP contribution is -2.21. The molecule has 1 unspecified atom stereocenters. The van der Waals surface area contributed by atoms with Crippen molar-refractivity contribution in [3.63, 3.8) is 0 Å². The van der Waals surface area contributed by atoms with E-state index in [1.807, 2.05) is 6.92 Å². The molecule has 0 aliphatic carbocycles. The molecular formula is C16H23N. The second-order valence-electron chi connectivity index (χ2n) is 4.23. The van der Waals surface area contributed by atoms with Crippen molar-refractivity contribution in [3.05, 3.63) is 35.4 Å².